The number of hydrogen-bond acceptors (Lipinski definition) is 5. The average Bonchev–Trinajstić information content (AvgIpc) is 3.14. The molecule has 0 aliphatic carbocycles. The van der Waals surface area contributed by atoms with Crippen molar-refractivity contribution in [3.05, 3.63) is 39.8 Å². The van der Waals surface area contributed by atoms with Crippen LogP contribution >= 0.6 is 11.3 Å². The number of benzene rings is 1. The first-order chi connectivity index (χ1) is 10.3. The lowest BCUT2D eigenvalue weighted by Crippen LogP contribution is -2.21. The van der Waals surface area contributed by atoms with Crippen molar-refractivity contribution in [2.24, 2.45) is 0 Å². The topological polar surface area (TPSA) is 47.0 Å². The zero-order valence-electron chi connectivity index (χ0n) is 12.5. The largest absolute Gasteiger partial charge is 0.492 e. The summed E-state index contributed by atoms with van der Waals surface area (Å²) < 4.78 is 5.75. The normalized spacial score (nSPS) is 18.3. The van der Waals surface area contributed by atoms with Gasteiger partial charge in [-0.25, -0.2) is 0 Å². The van der Waals surface area contributed by atoms with Gasteiger partial charge in [0.15, 0.2) is 0 Å². The van der Waals surface area contributed by atoms with Gasteiger partial charge in [-0.1, -0.05) is 43.4 Å². The van der Waals surface area contributed by atoms with E-state index in [4.69, 9.17) is 4.74 Å². The van der Waals surface area contributed by atoms with Gasteiger partial charge in [-0.05, 0) is 25.5 Å². The van der Waals surface area contributed by atoms with Crippen LogP contribution in [0.1, 0.15) is 54.2 Å². The van der Waals surface area contributed by atoms with Crippen molar-refractivity contribution >= 4 is 11.3 Å². The van der Waals surface area contributed by atoms with Crippen molar-refractivity contribution in [2.75, 3.05) is 13.2 Å². The Labute approximate surface area is 129 Å². The van der Waals surface area contributed by atoms with E-state index in [0.29, 0.717) is 12.6 Å². The highest BCUT2D eigenvalue weighted by Crippen LogP contribution is 2.39. The van der Waals surface area contributed by atoms with Gasteiger partial charge in [0.1, 0.15) is 22.4 Å². The van der Waals surface area contributed by atoms with Gasteiger partial charge in [0.05, 0.1) is 12.0 Å². The first-order valence-corrected chi connectivity index (χ1v) is 8.43. The average molecular weight is 303 g/mol. The molecule has 1 aliphatic rings. The van der Waals surface area contributed by atoms with E-state index in [1.165, 1.54) is 5.56 Å². The van der Waals surface area contributed by atoms with Gasteiger partial charge in [-0.3, -0.25) is 0 Å². The number of aromatic nitrogens is 2. The molecule has 2 heterocycles. The van der Waals surface area contributed by atoms with E-state index in [0.717, 1.165) is 35.2 Å². The molecule has 0 bridgehead atoms. The maximum atomic E-state index is 5.75. The molecular formula is C16H21N3OS. The Balaban J connectivity index is 1.79. The molecular weight excluding hydrogens is 282 g/mol. The number of para-hydroxylation sites is 1. The van der Waals surface area contributed by atoms with Crippen LogP contribution in [0.2, 0.25) is 0 Å². The molecule has 4 nitrogen and oxygen atoms in total. The Bertz CT molecular complexity index is 599. The maximum Gasteiger partial charge on any atom is 0.134 e. The summed E-state index contributed by atoms with van der Waals surface area (Å²) in [6, 6.07) is 8.53. The van der Waals surface area contributed by atoms with Crippen LogP contribution < -0.4 is 10.1 Å². The quantitative estimate of drug-likeness (QED) is 0.887. The van der Waals surface area contributed by atoms with Gasteiger partial charge in [-0.15, -0.1) is 10.2 Å². The van der Waals surface area contributed by atoms with Crippen LogP contribution in [0.4, 0.5) is 0 Å². The highest BCUT2D eigenvalue weighted by atomic mass is 32.1. The van der Waals surface area contributed by atoms with E-state index in [9.17, 15) is 0 Å². The predicted octanol–water partition coefficient (Wildman–Crippen LogP) is 3.51. The third-order valence-corrected chi connectivity index (χ3v) is 4.95. The van der Waals surface area contributed by atoms with E-state index < -0.39 is 0 Å². The number of hydrogen-bond donors (Lipinski definition) is 1. The van der Waals surface area contributed by atoms with Crippen LogP contribution in [0.25, 0.3) is 0 Å². The maximum absolute atomic E-state index is 5.75. The fraction of sp³-hybridized carbons (Fsp3) is 0.500. The van der Waals surface area contributed by atoms with Gasteiger partial charge >= 0.3 is 0 Å². The second-order valence-electron chi connectivity index (χ2n) is 5.29. The molecule has 0 saturated carbocycles. The fourth-order valence-electron chi connectivity index (χ4n) is 2.62. The van der Waals surface area contributed by atoms with Gasteiger partial charge in [0.25, 0.3) is 0 Å². The SMILES string of the molecule is CCCNC(CC)c1nnc(C2COc3ccccc32)s1. The van der Waals surface area contributed by atoms with Gasteiger partial charge < -0.3 is 10.1 Å². The minimum absolute atomic E-state index is 0.233. The molecule has 112 valence electrons. The Morgan fingerprint density at radius 3 is 3.00 bits per heavy atom. The molecule has 0 fully saturated rings. The highest BCUT2D eigenvalue weighted by molar-refractivity contribution is 7.11. The fourth-order valence-corrected chi connectivity index (χ4v) is 3.73. The molecule has 0 amide bonds. The highest BCUT2D eigenvalue weighted by Gasteiger charge is 2.29. The van der Waals surface area contributed by atoms with Crippen molar-refractivity contribution < 1.29 is 4.74 Å². The van der Waals surface area contributed by atoms with Crippen LogP contribution in [0.15, 0.2) is 24.3 Å². The Kier molecular flexibility index (Phi) is 4.51. The summed E-state index contributed by atoms with van der Waals surface area (Å²) in [6.07, 6.45) is 2.17. The second-order valence-corrected chi connectivity index (χ2v) is 6.34. The van der Waals surface area contributed by atoms with Crippen LogP contribution in [0, 0.1) is 0 Å². The smallest absolute Gasteiger partial charge is 0.134 e. The summed E-state index contributed by atoms with van der Waals surface area (Å²) in [7, 11) is 0. The third kappa shape index (κ3) is 2.94. The Morgan fingerprint density at radius 1 is 1.33 bits per heavy atom. The zero-order chi connectivity index (χ0) is 14.7. The molecule has 0 spiro atoms. The molecule has 2 atom stereocenters. The first-order valence-electron chi connectivity index (χ1n) is 7.61. The lowest BCUT2D eigenvalue weighted by atomic mass is 10.0. The van der Waals surface area contributed by atoms with Crippen molar-refractivity contribution in [2.45, 2.75) is 38.6 Å². The molecule has 2 aromatic rings. The van der Waals surface area contributed by atoms with Crippen LogP contribution in [0.5, 0.6) is 5.75 Å². The van der Waals surface area contributed by atoms with Crippen LogP contribution in [-0.4, -0.2) is 23.3 Å². The predicted molar refractivity (Wildman–Crippen MR) is 85.0 cm³/mol. The summed E-state index contributed by atoms with van der Waals surface area (Å²) in [5.41, 5.74) is 1.23. The molecule has 1 N–H and O–H groups in total. The minimum Gasteiger partial charge on any atom is -0.492 e. The van der Waals surface area contributed by atoms with Crippen LogP contribution in [-0.2, 0) is 0 Å². The van der Waals surface area contributed by atoms with E-state index in [1.807, 2.05) is 12.1 Å². The zero-order valence-corrected chi connectivity index (χ0v) is 13.3. The van der Waals surface area contributed by atoms with E-state index >= 15 is 0 Å². The van der Waals surface area contributed by atoms with Crippen molar-refractivity contribution in [1.82, 2.24) is 15.5 Å². The standard InChI is InChI=1S/C16H21N3OS/c1-3-9-17-13(4-2)16-19-18-15(21-16)12-10-20-14-8-6-5-7-11(12)14/h5-8,12-13,17H,3-4,9-10H2,1-2H3. The Morgan fingerprint density at radius 2 is 2.19 bits per heavy atom. The molecule has 0 radical (unpaired) electrons. The van der Waals surface area contributed by atoms with Crippen molar-refractivity contribution in [3.63, 3.8) is 0 Å². The number of ether oxygens (including phenoxy) is 1. The number of nitrogens with zero attached hydrogens (tertiary/aromatic N) is 2. The summed E-state index contributed by atoms with van der Waals surface area (Å²) in [4.78, 5) is 0. The number of fused-ring (bicyclic) bond motifs is 1. The molecule has 2 unspecified atom stereocenters. The molecule has 1 aliphatic heterocycles. The molecule has 0 saturated heterocycles. The van der Waals surface area contributed by atoms with Gasteiger partial charge in [0, 0.05) is 5.56 Å². The molecule has 21 heavy (non-hydrogen) atoms. The summed E-state index contributed by atoms with van der Waals surface area (Å²) in [5, 5.41) is 14.5. The van der Waals surface area contributed by atoms with E-state index in [2.05, 4.69) is 41.5 Å². The first kappa shape index (κ1) is 14.5. The summed E-state index contributed by atoms with van der Waals surface area (Å²) >= 11 is 1.71. The van der Waals surface area contributed by atoms with Gasteiger partial charge in [-0.2, -0.15) is 0 Å². The molecule has 5 heteroatoms. The van der Waals surface area contributed by atoms with E-state index in [-0.39, 0.29) is 5.92 Å². The number of rotatable bonds is 6. The second kappa shape index (κ2) is 6.54. The Hall–Kier alpha value is -1.46. The number of nitrogens with one attached hydrogen (secondary N) is 1. The summed E-state index contributed by atoms with van der Waals surface area (Å²) in [5.74, 6) is 1.21. The lowest BCUT2D eigenvalue weighted by Gasteiger charge is -2.12. The van der Waals surface area contributed by atoms with Crippen molar-refractivity contribution in [3.8, 4) is 5.75 Å². The van der Waals surface area contributed by atoms with Crippen molar-refractivity contribution in [1.29, 1.82) is 0 Å². The summed E-state index contributed by atoms with van der Waals surface area (Å²) in [6.45, 7) is 6.05. The third-order valence-electron chi connectivity index (χ3n) is 3.80. The molecule has 1 aromatic carbocycles. The van der Waals surface area contributed by atoms with Gasteiger partial charge in [0.2, 0.25) is 0 Å². The molecule has 3 rings (SSSR count). The van der Waals surface area contributed by atoms with E-state index in [1.54, 1.807) is 11.3 Å². The monoisotopic (exact) mass is 303 g/mol. The minimum atomic E-state index is 0.233. The molecule has 1 aromatic heterocycles. The lowest BCUT2D eigenvalue weighted by molar-refractivity contribution is 0.342. The van der Waals surface area contributed by atoms with Crippen LogP contribution in [0.3, 0.4) is 0 Å².